The van der Waals surface area contributed by atoms with Crippen molar-refractivity contribution >= 4 is 0 Å². The predicted molar refractivity (Wildman–Crippen MR) is 77.6 cm³/mol. The Morgan fingerprint density at radius 3 is 2.21 bits per heavy atom. The standard InChI is InChI=1S/C14H31N3O2/c1-11-7-6-8-12(2)17(11)16-14(3,10-15)9-13(18-4)19-5/h11-13,16H,6-10,15H2,1-5H3. The minimum absolute atomic E-state index is 0.212. The summed E-state index contributed by atoms with van der Waals surface area (Å²) >= 11 is 0. The molecule has 0 aliphatic carbocycles. The van der Waals surface area contributed by atoms with Gasteiger partial charge >= 0.3 is 0 Å². The molecular weight excluding hydrogens is 242 g/mol. The zero-order valence-electron chi connectivity index (χ0n) is 13.1. The lowest BCUT2D eigenvalue weighted by molar-refractivity contribution is -0.126. The van der Waals surface area contributed by atoms with E-state index in [0.29, 0.717) is 18.6 Å². The number of hydrogen-bond acceptors (Lipinski definition) is 5. The van der Waals surface area contributed by atoms with E-state index in [2.05, 4.69) is 31.2 Å². The minimum Gasteiger partial charge on any atom is -0.356 e. The van der Waals surface area contributed by atoms with E-state index < -0.39 is 0 Å². The van der Waals surface area contributed by atoms with Crippen molar-refractivity contribution < 1.29 is 9.47 Å². The molecule has 3 atom stereocenters. The molecule has 5 nitrogen and oxygen atoms in total. The second-order valence-electron chi connectivity index (χ2n) is 6.02. The molecule has 5 heteroatoms. The maximum absolute atomic E-state index is 5.97. The van der Waals surface area contributed by atoms with Crippen molar-refractivity contribution in [3.63, 3.8) is 0 Å². The highest BCUT2D eigenvalue weighted by Crippen LogP contribution is 2.23. The summed E-state index contributed by atoms with van der Waals surface area (Å²) in [5.74, 6) is 0. The van der Waals surface area contributed by atoms with Gasteiger partial charge in [-0.05, 0) is 33.6 Å². The van der Waals surface area contributed by atoms with Crippen LogP contribution >= 0.6 is 0 Å². The second-order valence-corrected chi connectivity index (χ2v) is 6.02. The number of hydrazine groups is 1. The van der Waals surface area contributed by atoms with Crippen LogP contribution in [0.2, 0.25) is 0 Å². The van der Waals surface area contributed by atoms with E-state index in [9.17, 15) is 0 Å². The van der Waals surface area contributed by atoms with Gasteiger partial charge in [-0.1, -0.05) is 6.42 Å². The van der Waals surface area contributed by atoms with E-state index in [4.69, 9.17) is 15.2 Å². The Bertz CT molecular complexity index is 251. The van der Waals surface area contributed by atoms with Crippen LogP contribution in [-0.2, 0) is 9.47 Å². The fourth-order valence-corrected chi connectivity index (χ4v) is 2.76. The third-order valence-corrected chi connectivity index (χ3v) is 4.19. The van der Waals surface area contributed by atoms with Crippen molar-refractivity contribution in [1.82, 2.24) is 10.4 Å². The molecule has 3 N–H and O–H groups in total. The van der Waals surface area contributed by atoms with Crippen molar-refractivity contribution in [2.24, 2.45) is 5.73 Å². The molecule has 1 saturated heterocycles. The van der Waals surface area contributed by atoms with Crippen molar-refractivity contribution in [3.8, 4) is 0 Å². The molecule has 0 radical (unpaired) electrons. The molecule has 0 spiro atoms. The number of nitrogens with zero attached hydrogens (tertiary/aromatic N) is 1. The third kappa shape index (κ3) is 4.68. The van der Waals surface area contributed by atoms with Gasteiger partial charge < -0.3 is 15.2 Å². The molecule has 19 heavy (non-hydrogen) atoms. The molecule has 114 valence electrons. The van der Waals surface area contributed by atoms with Crippen LogP contribution in [0.5, 0.6) is 0 Å². The minimum atomic E-state index is -0.226. The Balaban J connectivity index is 2.67. The predicted octanol–water partition coefficient (Wildman–Crippen LogP) is 1.48. The number of hydrogen-bond donors (Lipinski definition) is 2. The van der Waals surface area contributed by atoms with Crippen molar-refractivity contribution in [3.05, 3.63) is 0 Å². The Hall–Kier alpha value is -0.200. The zero-order valence-corrected chi connectivity index (χ0v) is 13.1. The topological polar surface area (TPSA) is 59.8 Å². The fourth-order valence-electron chi connectivity index (χ4n) is 2.76. The van der Waals surface area contributed by atoms with Crippen LogP contribution in [0.3, 0.4) is 0 Å². The number of rotatable bonds is 7. The van der Waals surface area contributed by atoms with E-state index in [0.717, 1.165) is 6.42 Å². The summed E-state index contributed by atoms with van der Waals surface area (Å²) in [6.45, 7) is 7.21. The summed E-state index contributed by atoms with van der Waals surface area (Å²) < 4.78 is 10.6. The van der Waals surface area contributed by atoms with Crippen LogP contribution in [0, 0.1) is 0 Å². The van der Waals surface area contributed by atoms with E-state index in [1.54, 1.807) is 14.2 Å². The van der Waals surface area contributed by atoms with Gasteiger partial charge in [0.15, 0.2) is 6.29 Å². The van der Waals surface area contributed by atoms with Gasteiger partial charge in [-0.2, -0.15) is 0 Å². The first-order chi connectivity index (χ1) is 8.95. The zero-order chi connectivity index (χ0) is 14.5. The van der Waals surface area contributed by atoms with Crippen LogP contribution in [0.1, 0.15) is 46.5 Å². The molecule has 0 amide bonds. The quantitative estimate of drug-likeness (QED) is 0.688. The normalized spacial score (nSPS) is 28.6. The largest absolute Gasteiger partial charge is 0.356 e. The van der Waals surface area contributed by atoms with Crippen LogP contribution < -0.4 is 11.2 Å². The van der Waals surface area contributed by atoms with Crippen LogP contribution in [-0.4, -0.2) is 49.7 Å². The highest BCUT2D eigenvalue weighted by molar-refractivity contribution is 4.88. The van der Waals surface area contributed by atoms with Crippen LogP contribution in [0.4, 0.5) is 0 Å². The lowest BCUT2D eigenvalue weighted by Crippen LogP contribution is -2.63. The molecule has 1 aliphatic heterocycles. The molecule has 1 aliphatic rings. The van der Waals surface area contributed by atoms with Crippen molar-refractivity contribution in [2.75, 3.05) is 20.8 Å². The Morgan fingerprint density at radius 2 is 1.79 bits per heavy atom. The van der Waals surface area contributed by atoms with Gasteiger partial charge in [-0.15, -0.1) is 0 Å². The van der Waals surface area contributed by atoms with E-state index in [-0.39, 0.29) is 11.8 Å². The average molecular weight is 273 g/mol. The highest BCUT2D eigenvalue weighted by Gasteiger charge is 2.33. The first-order valence-electron chi connectivity index (χ1n) is 7.27. The molecule has 0 aromatic rings. The molecule has 3 unspecified atom stereocenters. The summed E-state index contributed by atoms with van der Waals surface area (Å²) in [6.07, 6.45) is 4.27. The molecule has 0 aromatic carbocycles. The van der Waals surface area contributed by atoms with Gasteiger partial charge in [0.1, 0.15) is 0 Å². The summed E-state index contributed by atoms with van der Waals surface area (Å²) in [5, 5.41) is 2.36. The maximum Gasteiger partial charge on any atom is 0.158 e. The molecule has 0 saturated carbocycles. The van der Waals surface area contributed by atoms with Gasteiger partial charge in [0.05, 0.1) is 0 Å². The second kappa shape index (κ2) is 7.55. The first kappa shape index (κ1) is 16.9. The van der Waals surface area contributed by atoms with Gasteiger partial charge in [-0.3, -0.25) is 0 Å². The maximum atomic E-state index is 5.97. The van der Waals surface area contributed by atoms with Crippen molar-refractivity contribution in [1.29, 1.82) is 0 Å². The summed E-state index contributed by atoms with van der Waals surface area (Å²) in [5.41, 5.74) is 9.39. The number of nitrogens with two attached hydrogens (primary N) is 1. The van der Waals surface area contributed by atoms with Gasteiger partial charge in [0, 0.05) is 44.8 Å². The van der Waals surface area contributed by atoms with E-state index in [1.165, 1.54) is 19.3 Å². The number of nitrogens with one attached hydrogen (secondary N) is 1. The highest BCUT2D eigenvalue weighted by atomic mass is 16.7. The lowest BCUT2D eigenvalue weighted by atomic mass is 9.96. The summed E-state index contributed by atoms with van der Waals surface area (Å²) in [6, 6.07) is 1.08. The molecular formula is C14H31N3O2. The Labute approximate surface area is 117 Å². The smallest absolute Gasteiger partial charge is 0.158 e. The molecule has 1 heterocycles. The van der Waals surface area contributed by atoms with Crippen molar-refractivity contribution in [2.45, 2.75) is 70.4 Å². The number of piperidine rings is 1. The van der Waals surface area contributed by atoms with E-state index >= 15 is 0 Å². The SMILES string of the molecule is COC(CC(C)(CN)NN1C(C)CCCC1C)OC. The summed E-state index contributed by atoms with van der Waals surface area (Å²) in [7, 11) is 3.33. The van der Waals surface area contributed by atoms with Gasteiger partial charge in [0.2, 0.25) is 0 Å². The molecule has 1 fully saturated rings. The Kier molecular flexibility index (Phi) is 6.69. The van der Waals surface area contributed by atoms with Crippen LogP contribution in [0.15, 0.2) is 0 Å². The molecule has 0 aromatic heterocycles. The third-order valence-electron chi connectivity index (χ3n) is 4.19. The fraction of sp³-hybridized carbons (Fsp3) is 1.00. The van der Waals surface area contributed by atoms with Crippen LogP contribution in [0.25, 0.3) is 0 Å². The monoisotopic (exact) mass is 273 g/mol. The number of ether oxygens (including phenoxy) is 2. The Morgan fingerprint density at radius 1 is 1.26 bits per heavy atom. The van der Waals surface area contributed by atoms with E-state index in [1.807, 2.05) is 0 Å². The van der Waals surface area contributed by atoms with Gasteiger partial charge in [-0.25, -0.2) is 10.4 Å². The lowest BCUT2D eigenvalue weighted by Gasteiger charge is -2.45. The average Bonchev–Trinajstić information content (AvgIpc) is 2.40. The molecule has 0 bridgehead atoms. The van der Waals surface area contributed by atoms with Gasteiger partial charge in [0.25, 0.3) is 0 Å². The summed E-state index contributed by atoms with van der Waals surface area (Å²) in [4.78, 5) is 0. The number of methoxy groups -OCH3 is 2. The first-order valence-corrected chi connectivity index (χ1v) is 7.27. The molecule has 1 rings (SSSR count).